The molecule has 0 saturated heterocycles. The summed E-state index contributed by atoms with van der Waals surface area (Å²) < 4.78 is 23.8. The lowest BCUT2D eigenvalue weighted by Crippen LogP contribution is -2.49. The van der Waals surface area contributed by atoms with E-state index in [-0.39, 0.29) is 6.04 Å². The molecule has 0 heterocycles. The van der Waals surface area contributed by atoms with Gasteiger partial charge in [-0.3, -0.25) is 0 Å². The number of nitrogens with one attached hydrogen (secondary N) is 2. The zero-order valence-electron chi connectivity index (χ0n) is 9.82. The maximum Gasteiger partial charge on any atom is 0.274 e. The first-order valence-corrected chi connectivity index (χ1v) is 6.43. The fourth-order valence-electron chi connectivity index (χ4n) is 1.31. The van der Waals surface area contributed by atoms with E-state index < -0.39 is 10.2 Å². The average Bonchev–Trinajstić information content (AvgIpc) is 1.96. The summed E-state index contributed by atoms with van der Waals surface area (Å²) in [5, 5.41) is 8.12. The summed E-state index contributed by atoms with van der Waals surface area (Å²) >= 11 is 0. The molecule has 1 atom stereocenters. The highest BCUT2D eigenvalue weighted by molar-refractivity contribution is 7.87. The molecule has 1 unspecified atom stereocenters. The predicted molar refractivity (Wildman–Crippen MR) is 61.7 cm³/mol. The molecule has 0 radical (unpaired) electrons. The fraction of sp³-hybridized carbons (Fsp3) is 1.00. The van der Waals surface area contributed by atoms with Gasteiger partial charge in [0.1, 0.15) is 0 Å². The molecule has 0 fully saturated rings. The molecule has 0 aliphatic rings. The summed E-state index contributed by atoms with van der Waals surface area (Å²) in [7, 11) is 0.274. The molecule has 0 aromatic heterocycles. The Kier molecular flexibility index (Phi) is 6.30. The van der Waals surface area contributed by atoms with E-state index in [9.17, 15) is 8.42 Å². The van der Waals surface area contributed by atoms with Crippen LogP contribution >= 0.6 is 0 Å². The maximum absolute atomic E-state index is 10.7. The lowest BCUT2D eigenvalue weighted by atomic mass is 10.2. The second kappa shape index (κ2) is 6.39. The molecular weight excluding hydrogens is 216 g/mol. The van der Waals surface area contributed by atoms with Gasteiger partial charge in [0, 0.05) is 25.2 Å². The van der Waals surface area contributed by atoms with Crippen LogP contribution < -0.4 is 15.2 Å². The molecule has 15 heavy (non-hydrogen) atoms. The predicted octanol–water partition coefficient (Wildman–Crippen LogP) is -1.29. The minimum Gasteiger partial charge on any atom is -0.309 e. The number of nitrogens with two attached hydrogens (primary N) is 1. The number of hydrogen-bond acceptors (Lipinski definition) is 4. The first kappa shape index (κ1) is 14.8. The highest BCUT2D eigenvalue weighted by Gasteiger charge is 2.13. The number of nitrogens with zero attached hydrogens (tertiary/aromatic N) is 1. The molecule has 0 aromatic carbocycles. The van der Waals surface area contributed by atoms with Gasteiger partial charge in [-0.05, 0) is 14.1 Å². The van der Waals surface area contributed by atoms with Gasteiger partial charge >= 0.3 is 0 Å². The van der Waals surface area contributed by atoms with Crippen molar-refractivity contribution in [1.29, 1.82) is 0 Å². The zero-order valence-corrected chi connectivity index (χ0v) is 10.6. The fourth-order valence-corrected chi connectivity index (χ4v) is 1.74. The number of rotatable bonds is 7. The summed E-state index contributed by atoms with van der Waals surface area (Å²) in [4.78, 5) is 1.99. The number of hydrogen-bond donors (Lipinski definition) is 3. The van der Waals surface area contributed by atoms with Crippen LogP contribution in [-0.4, -0.2) is 52.6 Å². The normalized spacial score (nSPS) is 14.9. The summed E-state index contributed by atoms with van der Waals surface area (Å²) in [5.74, 6) is 0. The van der Waals surface area contributed by atoms with E-state index in [1.165, 1.54) is 0 Å². The topological polar surface area (TPSA) is 87.5 Å². The molecule has 0 aliphatic heterocycles. The molecule has 6 nitrogen and oxygen atoms in total. The molecule has 0 saturated carbocycles. The minimum atomic E-state index is -3.60. The average molecular weight is 238 g/mol. The molecule has 0 aliphatic carbocycles. The molecule has 0 aromatic rings. The van der Waals surface area contributed by atoms with Gasteiger partial charge in [0.25, 0.3) is 10.2 Å². The Hall–Kier alpha value is -0.210. The van der Waals surface area contributed by atoms with E-state index >= 15 is 0 Å². The van der Waals surface area contributed by atoms with Crippen LogP contribution in [0.4, 0.5) is 0 Å². The van der Waals surface area contributed by atoms with Crippen molar-refractivity contribution in [3.05, 3.63) is 0 Å². The Balaban J connectivity index is 4.12. The molecule has 0 spiro atoms. The van der Waals surface area contributed by atoms with E-state index in [2.05, 4.69) is 10.0 Å². The monoisotopic (exact) mass is 238 g/mol. The third-order valence-corrected chi connectivity index (χ3v) is 2.25. The smallest absolute Gasteiger partial charge is 0.274 e. The lowest BCUT2D eigenvalue weighted by Gasteiger charge is -2.24. The molecule has 0 bridgehead atoms. The Morgan fingerprint density at radius 2 is 1.87 bits per heavy atom. The van der Waals surface area contributed by atoms with Gasteiger partial charge in [0.15, 0.2) is 0 Å². The summed E-state index contributed by atoms with van der Waals surface area (Å²) in [6.45, 7) is 5.08. The second-order valence-corrected chi connectivity index (χ2v) is 5.55. The van der Waals surface area contributed by atoms with Crippen LogP contribution in [0, 0.1) is 0 Å². The van der Waals surface area contributed by atoms with Gasteiger partial charge in [-0.1, -0.05) is 13.8 Å². The molecule has 7 heteroatoms. The van der Waals surface area contributed by atoms with Crippen molar-refractivity contribution in [2.75, 3.05) is 27.2 Å². The standard InChI is InChI=1S/C8H22N4O2S/c1-7(2)11-8(6-12(3)4)5-10-15(9,13)14/h7-8,10-11H,5-6H2,1-4H3,(H2,9,13,14). The quantitative estimate of drug-likeness (QED) is 0.515. The Labute approximate surface area is 92.4 Å². The van der Waals surface area contributed by atoms with Crippen molar-refractivity contribution in [3.63, 3.8) is 0 Å². The van der Waals surface area contributed by atoms with Gasteiger partial charge in [-0.2, -0.15) is 8.42 Å². The van der Waals surface area contributed by atoms with Crippen LogP contribution in [0.5, 0.6) is 0 Å². The molecule has 92 valence electrons. The first-order valence-electron chi connectivity index (χ1n) is 4.89. The van der Waals surface area contributed by atoms with E-state index in [0.717, 1.165) is 6.54 Å². The minimum absolute atomic E-state index is 0.0540. The molecular formula is C8H22N4O2S. The number of likely N-dealkylation sites (N-methyl/N-ethyl adjacent to an activating group) is 1. The van der Waals surface area contributed by atoms with Gasteiger partial charge in [0.2, 0.25) is 0 Å². The molecule has 0 amide bonds. The van der Waals surface area contributed by atoms with Gasteiger partial charge in [-0.25, -0.2) is 9.86 Å². The Bertz CT molecular complexity index is 254. The Morgan fingerprint density at radius 3 is 2.20 bits per heavy atom. The van der Waals surface area contributed by atoms with Crippen LogP contribution in [-0.2, 0) is 10.2 Å². The van der Waals surface area contributed by atoms with Crippen molar-refractivity contribution < 1.29 is 8.42 Å². The van der Waals surface area contributed by atoms with Crippen LogP contribution in [0.25, 0.3) is 0 Å². The zero-order chi connectivity index (χ0) is 12.1. The third-order valence-electron chi connectivity index (χ3n) is 1.69. The van der Waals surface area contributed by atoms with Crippen LogP contribution in [0.3, 0.4) is 0 Å². The summed E-state index contributed by atoms with van der Waals surface area (Å²) in [5.41, 5.74) is 0. The van der Waals surface area contributed by atoms with Crippen molar-refractivity contribution in [2.45, 2.75) is 25.9 Å². The summed E-state index contributed by atoms with van der Waals surface area (Å²) in [6.07, 6.45) is 0. The Morgan fingerprint density at radius 1 is 1.33 bits per heavy atom. The first-order chi connectivity index (χ1) is 6.70. The molecule has 4 N–H and O–H groups in total. The largest absolute Gasteiger partial charge is 0.309 e. The third kappa shape index (κ3) is 10.1. The van der Waals surface area contributed by atoms with E-state index in [1.54, 1.807) is 0 Å². The van der Waals surface area contributed by atoms with Crippen LogP contribution in [0.1, 0.15) is 13.8 Å². The SMILES string of the molecule is CC(C)NC(CNS(N)(=O)=O)CN(C)C. The van der Waals surface area contributed by atoms with Gasteiger partial charge in [0.05, 0.1) is 0 Å². The van der Waals surface area contributed by atoms with Crippen molar-refractivity contribution in [3.8, 4) is 0 Å². The van der Waals surface area contributed by atoms with Crippen LogP contribution in [0.15, 0.2) is 0 Å². The lowest BCUT2D eigenvalue weighted by molar-refractivity contribution is 0.323. The van der Waals surface area contributed by atoms with Crippen molar-refractivity contribution in [2.24, 2.45) is 5.14 Å². The van der Waals surface area contributed by atoms with Crippen molar-refractivity contribution in [1.82, 2.24) is 14.9 Å². The van der Waals surface area contributed by atoms with Crippen molar-refractivity contribution >= 4 is 10.2 Å². The van der Waals surface area contributed by atoms with E-state index in [1.807, 2.05) is 32.8 Å². The highest BCUT2D eigenvalue weighted by Crippen LogP contribution is 1.90. The maximum atomic E-state index is 10.7. The molecule has 0 rings (SSSR count). The summed E-state index contributed by atoms with van der Waals surface area (Å²) in [6, 6.07) is 0.357. The van der Waals surface area contributed by atoms with E-state index in [0.29, 0.717) is 12.6 Å². The van der Waals surface area contributed by atoms with Gasteiger partial charge in [-0.15, -0.1) is 0 Å². The van der Waals surface area contributed by atoms with Crippen LogP contribution in [0.2, 0.25) is 0 Å². The highest BCUT2D eigenvalue weighted by atomic mass is 32.2. The van der Waals surface area contributed by atoms with Gasteiger partial charge < -0.3 is 10.2 Å². The second-order valence-electron chi connectivity index (χ2n) is 4.17. The van der Waals surface area contributed by atoms with E-state index in [4.69, 9.17) is 5.14 Å².